The van der Waals surface area contributed by atoms with E-state index >= 15 is 0 Å². The summed E-state index contributed by atoms with van der Waals surface area (Å²) in [7, 11) is 0. The highest BCUT2D eigenvalue weighted by Crippen LogP contribution is 2.13. The van der Waals surface area contributed by atoms with Gasteiger partial charge in [0.2, 0.25) is 0 Å². The molecule has 0 fully saturated rings. The normalized spacial score (nSPS) is 10.2. The number of benzene rings is 1. The van der Waals surface area contributed by atoms with Crippen LogP contribution in [0.4, 0.5) is 8.78 Å². The van der Waals surface area contributed by atoms with E-state index < -0.39 is 17.6 Å². The van der Waals surface area contributed by atoms with Gasteiger partial charge in [0.05, 0.1) is 13.1 Å². The molecule has 0 spiro atoms. The smallest absolute Gasteiger partial charge is 0.317 e. The molecule has 0 saturated heterocycles. The fourth-order valence-electron chi connectivity index (χ4n) is 1.40. The molecule has 1 aromatic rings. The number of nitrogens with zero attached hydrogens (tertiary/aromatic N) is 1. The van der Waals surface area contributed by atoms with E-state index in [0.717, 1.165) is 6.07 Å². The van der Waals surface area contributed by atoms with Crippen molar-refractivity contribution in [2.24, 2.45) is 0 Å². The summed E-state index contributed by atoms with van der Waals surface area (Å²) >= 11 is 0. The first-order chi connectivity index (χ1) is 8.04. The molecule has 3 nitrogen and oxygen atoms in total. The molecular formula is C12H11F2NO2. The van der Waals surface area contributed by atoms with Gasteiger partial charge >= 0.3 is 5.97 Å². The quantitative estimate of drug-likeness (QED) is 0.791. The standard InChI is InChI=1S/C12H11F2NO2/c1-2-6-15(8-11(16)17)7-9-4-3-5-10(13)12(9)14/h1,3-5H,6-8H2,(H,16,17). The Hall–Kier alpha value is -1.93. The van der Waals surface area contributed by atoms with Crippen LogP contribution in [0.15, 0.2) is 18.2 Å². The maximum Gasteiger partial charge on any atom is 0.317 e. The van der Waals surface area contributed by atoms with Gasteiger partial charge in [0.1, 0.15) is 0 Å². The minimum absolute atomic E-state index is 0.0416. The molecule has 0 bridgehead atoms. The fourth-order valence-corrected chi connectivity index (χ4v) is 1.40. The van der Waals surface area contributed by atoms with Gasteiger partial charge in [0.25, 0.3) is 0 Å². The summed E-state index contributed by atoms with van der Waals surface area (Å²) in [5.41, 5.74) is 0.0847. The lowest BCUT2D eigenvalue weighted by Gasteiger charge is -2.17. The predicted octanol–water partition coefficient (Wildman–Crippen LogP) is 1.48. The molecular weight excluding hydrogens is 228 g/mol. The average Bonchev–Trinajstić information content (AvgIpc) is 2.24. The van der Waals surface area contributed by atoms with E-state index in [9.17, 15) is 13.6 Å². The average molecular weight is 239 g/mol. The Morgan fingerprint density at radius 1 is 1.47 bits per heavy atom. The van der Waals surface area contributed by atoms with Crippen LogP contribution >= 0.6 is 0 Å². The summed E-state index contributed by atoms with van der Waals surface area (Å²) in [6.45, 7) is -0.303. The molecule has 0 aliphatic rings. The van der Waals surface area contributed by atoms with Crippen LogP contribution in [-0.4, -0.2) is 29.1 Å². The third-order valence-corrected chi connectivity index (χ3v) is 2.10. The summed E-state index contributed by atoms with van der Waals surface area (Å²) in [5, 5.41) is 8.63. The minimum Gasteiger partial charge on any atom is -0.480 e. The number of halogens is 2. The minimum atomic E-state index is -1.07. The number of aliphatic carboxylic acids is 1. The van der Waals surface area contributed by atoms with E-state index in [4.69, 9.17) is 11.5 Å². The van der Waals surface area contributed by atoms with Gasteiger partial charge in [-0.25, -0.2) is 8.78 Å². The molecule has 0 aliphatic heterocycles. The van der Waals surface area contributed by atoms with E-state index in [1.807, 2.05) is 0 Å². The summed E-state index contributed by atoms with van der Waals surface area (Å²) in [5.74, 6) is -0.730. The van der Waals surface area contributed by atoms with E-state index in [-0.39, 0.29) is 25.2 Å². The molecule has 0 amide bonds. The number of hydrogen-bond donors (Lipinski definition) is 1. The zero-order valence-corrected chi connectivity index (χ0v) is 8.99. The monoisotopic (exact) mass is 239 g/mol. The van der Waals surface area contributed by atoms with Crippen LogP contribution in [0, 0.1) is 24.0 Å². The Morgan fingerprint density at radius 2 is 2.18 bits per heavy atom. The molecule has 0 saturated carbocycles. The molecule has 0 aromatic heterocycles. The molecule has 5 heteroatoms. The Labute approximate surface area is 97.7 Å². The number of terminal acetylenes is 1. The lowest BCUT2D eigenvalue weighted by Crippen LogP contribution is -2.30. The van der Waals surface area contributed by atoms with Crippen molar-refractivity contribution in [2.75, 3.05) is 13.1 Å². The molecule has 1 rings (SSSR count). The highest BCUT2D eigenvalue weighted by Gasteiger charge is 2.13. The van der Waals surface area contributed by atoms with Crippen LogP contribution < -0.4 is 0 Å². The van der Waals surface area contributed by atoms with Gasteiger partial charge < -0.3 is 5.11 Å². The highest BCUT2D eigenvalue weighted by atomic mass is 19.2. The SMILES string of the molecule is C#CCN(CC(=O)O)Cc1cccc(F)c1F. The largest absolute Gasteiger partial charge is 0.480 e. The second-order valence-electron chi connectivity index (χ2n) is 3.46. The molecule has 1 aromatic carbocycles. The van der Waals surface area contributed by atoms with Gasteiger partial charge in [-0.1, -0.05) is 18.1 Å². The van der Waals surface area contributed by atoms with E-state index in [2.05, 4.69) is 5.92 Å². The second-order valence-corrected chi connectivity index (χ2v) is 3.46. The molecule has 0 unspecified atom stereocenters. The number of hydrogen-bond acceptors (Lipinski definition) is 2. The summed E-state index contributed by atoms with van der Waals surface area (Å²) in [6.07, 6.45) is 5.07. The van der Waals surface area contributed by atoms with Crippen molar-refractivity contribution in [3.8, 4) is 12.3 Å². The summed E-state index contributed by atoms with van der Waals surface area (Å²) in [4.78, 5) is 11.9. The zero-order chi connectivity index (χ0) is 12.8. The first-order valence-corrected chi connectivity index (χ1v) is 4.85. The third kappa shape index (κ3) is 3.85. The number of carbonyl (C=O) groups is 1. The summed E-state index contributed by atoms with van der Waals surface area (Å²) in [6, 6.07) is 3.76. The van der Waals surface area contributed by atoms with Gasteiger partial charge in [-0.3, -0.25) is 9.69 Å². The fraction of sp³-hybridized carbons (Fsp3) is 0.250. The maximum absolute atomic E-state index is 13.3. The topological polar surface area (TPSA) is 40.5 Å². The Bertz CT molecular complexity index is 454. The van der Waals surface area contributed by atoms with Crippen LogP contribution in [0.3, 0.4) is 0 Å². The van der Waals surface area contributed by atoms with Crippen molar-refractivity contribution >= 4 is 5.97 Å². The van der Waals surface area contributed by atoms with Crippen LogP contribution in [0.1, 0.15) is 5.56 Å². The molecule has 0 heterocycles. The van der Waals surface area contributed by atoms with Crippen molar-refractivity contribution in [3.63, 3.8) is 0 Å². The molecule has 0 aliphatic carbocycles. The van der Waals surface area contributed by atoms with Gasteiger partial charge in [-0.15, -0.1) is 6.42 Å². The Balaban J connectivity index is 2.82. The Kier molecular flexibility index (Phi) is 4.61. The molecule has 1 N–H and O–H groups in total. The van der Waals surface area contributed by atoms with Gasteiger partial charge in [0.15, 0.2) is 11.6 Å². The van der Waals surface area contributed by atoms with Gasteiger partial charge in [-0.05, 0) is 6.07 Å². The van der Waals surface area contributed by atoms with E-state index in [1.54, 1.807) is 0 Å². The highest BCUT2D eigenvalue weighted by molar-refractivity contribution is 5.69. The van der Waals surface area contributed by atoms with Crippen molar-refractivity contribution < 1.29 is 18.7 Å². The van der Waals surface area contributed by atoms with Gasteiger partial charge in [0, 0.05) is 12.1 Å². The van der Waals surface area contributed by atoms with E-state index in [1.165, 1.54) is 17.0 Å². The lowest BCUT2D eigenvalue weighted by molar-refractivity contribution is -0.138. The van der Waals surface area contributed by atoms with E-state index in [0.29, 0.717) is 0 Å². The van der Waals surface area contributed by atoms with Gasteiger partial charge in [-0.2, -0.15) is 0 Å². The maximum atomic E-state index is 13.3. The molecule has 90 valence electrons. The second kappa shape index (κ2) is 5.97. The number of rotatable bonds is 5. The number of carboxylic acid groups (broad SMARTS) is 1. The van der Waals surface area contributed by atoms with Crippen molar-refractivity contribution in [2.45, 2.75) is 6.54 Å². The first kappa shape index (κ1) is 13.1. The number of carboxylic acids is 1. The molecule has 0 atom stereocenters. The Morgan fingerprint density at radius 3 is 2.76 bits per heavy atom. The third-order valence-electron chi connectivity index (χ3n) is 2.10. The lowest BCUT2D eigenvalue weighted by atomic mass is 10.2. The molecule has 17 heavy (non-hydrogen) atoms. The van der Waals surface area contributed by atoms with Crippen molar-refractivity contribution in [1.29, 1.82) is 0 Å². The first-order valence-electron chi connectivity index (χ1n) is 4.85. The van der Waals surface area contributed by atoms with Crippen LogP contribution in [0.2, 0.25) is 0 Å². The van der Waals surface area contributed by atoms with Crippen molar-refractivity contribution in [1.82, 2.24) is 4.90 Å². The molecule has 0 radical (unpaired) electrons. The van der Waals surface area contributed by atoms with Crippen LogP contribution in [0.5, 0.6) is 0 Å². The summed E-state index contributed by atoms with van der Waals surface area (Å²) < 4.78 is 26.3. The zero-order valence-electron chi connectivity index (χ0n) is 8.99. The van der Waals surface area contributed by atoms with Crippen molar-refractivity contribution in [3.05, 3.63) is 35.4 Å². The van der Waals surface area contributed by atoms with Crippen LogP contribution in [-0.2, 0) is 11.3 Å². The predicted molar refractivity (Wildman–Crippen MR) is 58.1 cm³/mol. The van der Waals surface area contributed by atoms with Crippen LogP contribution in [0.25, 0.3) is 0 Å².